The third-order valence-corrected chi connectivity index (χ3v) is 3.81. The van der Waals surface area contributed by atoms with Crippen LogP contribution in [0.5, 0.6) is 0 Å². The number of hydrogen-bond donors (Lipinski definition) is 2. The molecule has 1 aromatic rings. The molecule has 1 fully saturated rings. The molecule has 0 amide bonds. The minimum atomic E-state index is 0. The van der Waals surface area contributed by atoms with E-state index in [4.69, 9.17) is 10.2 Å². The summed E-state index contributed by atoms with van der Waals surface area (Å²) in [6.07, 6.45) is 5.58. The van der Waals surface area contributed by atoms with Crippen LogP contribution in [0, 0.1) is 5.92 Å². The number of aliphatic imine (C=N–C) groups is 1. The average Bonchev–Trinajstić information content (AvgIpc) is 3.00. The van der Waals surface area contributed by atoms with Crippen LogP contribution in [0.3, 0.4) is 0 Å². The molecule has 6 heteroatoms. The van der Waals surface area contributed by atoms with Crippen molar-refractivity contribution in [3.8, 4) is 0 Å². The molecule has 1 aliphatic rings. The lowest BCUT2D eigenvalue weighted by molar-refractivity contribution is 0.146. The number of halogens is 1. The van der Waals surface area contributed by atoms with Gasteiger partial charge < -0.3 is 15.5 Å². The third kappa shape index (κ3) is 6.16. The fourth-order valence-electron chi connectivity index (χ4n) is 2.66. The highest BCUT2D eigenvalue weighted by atomic mass is 127. The van der Waals surface area contributed by atoms with Crippen molar-refractivity contribution in [1.29, 1.82) is 0 Å². The first-order chi connectivity index (χ1) is 10.2. The Morgan fingerprint density at radius 2 is 2.09 bits per heavy atom. The van der Waals surface area contributed by atoms with E-state index in [1.54, 1.807) is 6.26 Å². The summed E-state index contributed by atoms with van der Waals surface area (Å²) in [6.45, 7) is 8.01. The number of guanidine groups is 1. The van der Waals surface area contributed by atoms with Crippen molar-refractivity contribution in [2.45, 2.75) is 39.2 Å². The second-order valence-electron chi connectivity index (χ2n) is 6.13. The van der Waals surface area contributed by atoms with Gasteiger partial charge in [0.05, 0.1) is 12.3 Å². The molecular formula is C16H29IN4O. The summed E-state index contributed by atoms with van der Waals surface area (Å²) in [5, 5.41) is 3.25. The van der Waals surface area contributed by atoms with E-state index in [1.165, 1.54) is 19.3 Å². The lowest BCUT2D eigenvalue weighted by atomic mass is 10.1. The van der Waals surface area contributed by atoms with E-state index in [0.717, 1.165) is 31.9 Å². The minimum absolute atomic E-state index is 0. The lowest BCUT2D eigenvalue weighted by Crippen LogP contribution is -2.42. The number of rotatable bonds is 6. The van der Waals surface area contributed by atoms with Crippen LogP contribution in [0.25, 0.3) is 0 Å². The number of hydrogen-bond acceptors (Lipinski definition) is 3. The number of nitrogens with two attached hydrogens (primary N) is 1. The lowest BCUT2D eigenvalue weighted by Gasteiger charge is -2.33. The van der Waals surface area contributed by atoms with Gasteiger partial charge in [-0.3, -0.25) is 9.89 Å². The van der Waals surface area contributed by atoms with Gasteiger partial charge in [0.25, 0.3) is 0 Å². The van der Waals surface area contributed by atoms with Gasteiger partial charge in [0.1, 0.15) is 5.76 Å². The van der Waals surface area contributed by atoms with Gasteiger partial charge in [-0.15, -0.1) is 24.0 Å². The molecule has 1 atom stereocenters. The molecule has 0 radical (unpaired) electrons. The normalized spacial score (nSPS) is 18.0. The van der Waals surface area contributed by atoms with Crippen LogP contribution in [-0.4, -0.2) is 37.0 Å². The molecule has 0 bridgehead atoms. The molecule has 5 nitrogen and oxygen atoms in total. The summed E-state index contributed by atoms with van der Waals surface area (Å²) in [6, 6.07) is 4.22. The van der Waals surface area contributed by atoms with Gasteiger partial charge >= 0.3 is 0 Å². The number of piperidine rings is 1. The molecule has 2 heterocycles. The van der Waals surface area contributed by atoms with Crippen LogP contribution in [0.1, 0.15) is 44.9 Å². The second kappa shape index (κ2) is 10.1. The Balaban J connectivity index is 0.00000242. The zero-order chi connectivity index (χ0) is 15.1. The van der Waals surface area contributed by atoms with Crippen molar-refractivity contribution in [3.63, 3.8) is 0 Å². The van der Waals surface area contributed by atoms with Crippen LogP contribution in [0.4, 0.5) is 0 Å². The standard InChI is InChI=1S/C16H28N4O.HI/c1-13(2)11-18-16(17)19-12-14(15-7-6-10-21-15)20-8-4-3-5-9-20;/h6-7,10,13-14H,3-5,8-9,11-12H2,1-2H3,(H3,17,18,19);1H. The molecular weight excluding hydrogens is 391 g/mol. The van der Waals surface area contributed by atoms with E-state index in [1.807, 2.05) is 12.1 Å². The van der Waals surface area contributed by atoms with Gasteiger partial charge in [0.15, 0.2) is 5.96 Å². The molecule has 0 spiro atoms. The summed E-state index contributed by atoms with van der Waals surface area (Å²) >= 11 is 0. The van der Waals surface area contributed by atoms with Gasteiger partial charge in [-0.2, -0.15) is 0 Å². The molecule has 0 aliphatic carbocycles. The van der Waals surface area contributed by atoms with Gasteiger partial charge in [0, 0.05) is 13.1 Å². The summed E-state index contributed by atoms with van der Waals surface area (Å²) in [5.41, 5.74) is 5.94. The summed E-state index contributed by atoms with van der Waals surface area (Å²) in [4.78, 5) is 6.83. The maximum Gasteiger partial charge on any atom is 0.188 e. The van der Waals surface area contributed by atoms with Gasteiger partial charge in [-0.05, 0) is 44.0 Å². The maximum absolute atomic E-state index is 5.94. The molecule has 0 aromatic carbocycles. The van der Waals surface area contributed by atoms with E-state index < -0.39 is 0 Å². The maximum atomic E-state index is 5.94. The summed E-state index contributed by atoms with van der Waals surface area (Å²) in [7, 11) is 0. The Hall–Kier alpha value is -0.760. The van der Waals surface area contributed by atoms with Crippen LogP contribution < -0.4 is 11.1 Å². The minimum Gasteiger partial charge on any atom is -0.468 e. The fraction of sp³-hybridized carbons (Fsp3) is 0.688. The van der Waals surface area contributed by atoms with Gasteiger partial charge in [-0.1, -0.05) is 20.3 Å². The van der Waals surface area contributed by atoms with Crippen LogP contribution in [0.2, 0.25) is 0 Å². The summed E-state index contributed by atoms with van der Waals surface area (Å²) in [5.74, 6) is 2.05. The summed E-state index contributed by atoms with van der Waals surface area (Å²) < 4.78 is 5.62. The van der Waals surface area contributed by atoms with Crippen molar-refractivity contribution >= 4 is 29.9 Å². The van der Waals surface area contributed by atoms with E-state index in [9.17, 15) is 0 Å². The number of likely N-dealkylation sites (tertiary alicyclic amines) is 1. The van der Waals surface area contributed by atoms with Crippen molar-refractivity contribution in [1.82, 2.24) is 10.2 Å². The molecule has 126 valence electrons. The molecule has 1 unspecified atom stereocenters. The molecule has 3 N–H and O–H groups in total. The van der Waals surface area contributed by atoms with Crippen LogP contribution in [-0.2, 0) is 0 Å². The molecule has 1 saturated heterocycles. The van der Waals surface area contributed by atoms with E-state index >= 15 is 0 Å². The Morgan fingerprint density at radius 3 is 2.68 bits per heavy atom. The van der Waals surface area contributed by atoms with Gasteiger partial charge in [-0.25, -0.2) is 0 Å². The van der Waals surface area contributed by atoms with E-state index in [2.05, 4.69) is 29.1 Å². The van der Waals surface area contributed by atoms with Gasteiger partial charge in [0.2, 0.25) is 0 Å². The highest BCUT2D eigenvalue weighted by Gasteiger charge is 2.24. The zero-order valence-electron chi connectivity index (χ0n) is 13.6. The first kappa shape index (κ1) is 19.3. The fourth-order valence-corrected chi connectivity index (χ4v) is 2.66. The number of nitrogens with zero attached hydrogens (tertiary/aromatic N) is 2. The zero-order valence-corrected chi connectivity index (χ0v) is 16.0. The van der Waals surface area contributed by atoms with E-state index in [0.29, 0.717) is 11.9 Å². The van der Waals surface area contributed by atoms with Crippen molar-refractivity contribution in [2.24, 2.45) is 16.6 Å². The van der Waals surface area contributed by atoms with E-state index in [-0.39, 0.29) is 30.0 Å². The largest absolute Gasteiger partial charge is 0.468 e. The third-order valence-electron chi connectivity index (χ3n) is 3.81. The predicted octanol–water partition coefficient (Wildman–Crippen LogP) is 2.98. The molecule has 0 saturated carbocycles. The first-order valence-electron chi connectivity index (χ1n) is 7.98. The first-order valence-corrected chi connectivity index (χ1v) is 7.98. The second-order valence-corrected chi connectivity index (χ2v) is 6.13. The van der Waals surface area contributed by atoms with Crippen molar-refractivity contribution < 1.29 is 4.42 Å². The Labute approximate surface area is 150 Å². The molecule has 22 heavy (non-hydrogen) atoms. The average molecular weight is 420 g/mol. The molecule has 2 rings (SSSR count). The number of furan rings is 1. The highest BCUT2D eigenvalue weighted by molar-refractivity contribution is 14.0. The topological polar surface area (TPSA) is 66.8 Å². The van der Waals surface area contributed by atoms with Crippen LogP contribution >= 0.6 is 24.0 Å². The predicted molar refractivity (Wildman–Crippen MR) is 102 cm³/mol. The van der Waals surface area contributed by atoms with Crippen molar-refractivity contribution in [2.75, 3.05) is 26.2 Å². The van der Waals surface area contributed by atoms with Crippen molar-refractivity contribution in [3.05, 3.63) is 24.2 Å². The monoisotopic (exact) mass is 420 g/mol. The van der Waals surface area contributed by atoms with Crippen LogP contribution in [0.15, 0.2) is 27.8 Å². The molecule has 1 aliphatic heterocycles. The number of nitrogens with one attached hydrogen (secondary N) is 1. The molecule has 1 aromatic heterocycles. The SMILES string of the molecule is CC(C)CN=C(N)NCC(c1ccco1)N1CCCCC1.I. The smallest absolute Gasteiger partial charge is 0.188 e. The Kier molecular flexibility index (Phi) is 8.85. The quantitative estimate of drug-likeness (QED) is 0.422. The Morgan fingerprint density at radius 1 is 1.36 bits per heavy atom. The highest BCUT2D eigenvalue weighted by Crippen LogP contribution is 2.24. The Bertz CT molecular complexity index is 427.